The third-order valence-electron chi connectivity index (χ3n) is 2.89. The molecule has 2 aromatic carbocycles. The van der Waals surface area contributed by atoms with Crippen LogP contribution in [0.1, 0.15) is 24.1 Å². The van der Waals surface area contributed by atoms with Crippen molar-refractivity contribution < 1.29 is 9.47 Å². The second-order valence-corrected chi connectivity index (χ2v) is 4.47. The van der Waals surface area contributed by atoms with Gasteiger partial charge in [0, 0.05) is 12.1 Å². The number of hydrogen-bond acceptors (Lipinski definition) is 4. The summed E-state index contributed by atoms with van der Waals surface area (Å²) in [5.74, 6) is 1.84. The summed E-state index contributed by atoms with van der Waals surface area (Å²) in [5.41, 5.74) is 7.33. The maximum atomic E-state index is 8.97. The van der Waals surface area contributed by atoms with Crippen LogP contribution in [0.5, 0.6) is 17.2 Å². The Morgan fingerprint density at radius 2 is 1.70 bits per heavy atom. The first-order valence-corrected chi connectivity index (χ1v) is 6.25. The highest BCUT2D eigenvalue weighted by molar-refractivity contribution is 5.45. The summed E-state index contributed by atoms with van der Waals surface area (Å²) in [5, 5.41) is 8.97. The van der Waals surface area contributed by atoms with Crippen molar-refractivity contribution in [2.24, 2.45) is 5.73 Å². The SMILES string of the molecule is COc1cc(C#N)cc(Oc2ccc([C@@H](C)N)cc2)c1. The molecular weight excluding hydrogens is 252 g/mol. The van der Waals surface area contributed by atoms with Crippen LogP contribution in [0.2, 0.25) is 0 Å². The van der Waals surface area contributed by atoms with E-state index in [-0.39, 0.29) is 6.04 Å². The van der Waals surface area contributed by atoms with Crippen LogP contribution in [-0.4, -0.2) is 7.11 Å². The smallest absolute Gasteiger partial charge is 0.132 e. The van der Waals surface area contributed by atoms with Crippen molar-refractivity contribution in [3.05, 3.63) is 53.6 Å². The van der Waals surface area contributed by atoms with E-state index in [1.807, 2.05) is 31.2 Å². The van der Waals surface area contributed by atoms with Gasteiger partial charge in [-0.1, -0.05) is 12.1 Å². The van der Waals surface area contributed by atoms with Gasteiger partial charge >= 0.3 is 0 Å². The van der Waals surface area contributed by atoms with E-state index in [2.05, 4.69) is 6.07 Å². The quantitative estimate of drug-likeness (QED) is 0.923. The van der Waals surface area contributed by atoms with Crippen LogP contribution in [0.4, 0.5) is 0 Å². The summed E-state index contributed by atoms with van der Waals surface area (Å²) in [7, 11) is 1.55. The van der Waals surface area contributed by atoms with Crippen molar-refractivity contribution in [2.45, 2.75) is 13.0 Å². The number of benzene rings is 2. The van der Waals surface area contributed by atoms with Gasteiger partial charge in [-0.3, -0.25) is 0 Å². The molecule has 4 heteroatoms. The molecule has 0 aliphatic rings. The Hall–Kier alpha value is -2.51. The van der Waals surface area contributed by atoms with E-state index in [1.165, 1.54) is 0 Å². The van der Waals surface area contributed by atoms with E-state index >= 15 is 0 Å². The average molecular weight is 268 g/mol. The summed E-state index contributed by atoms with van der Waals surface area (Å²) in [6, 6.07) is 14.7. The minimum Gasteiger partial charge on any atom is -0.497 e. The second kappa shape index (κ2) is 6.09. The van der Waals surface area contributed by atoms with Crippen LogP contribution < -0.4 is 15.2 Å². The zero-order valence-electron chi connectivity index (χ0n) is 11.5. The molecule has 102 valence electrons. The third kappa shape index (κ3) is 3.28. The number of nitrogens with zero attached hydrogens (tertiary/aromatic N) is 1. The van der Waals surface area contributed by atoms with Gasteiger partial charge in [-0.25, -0.2) is 0 Å². The first-order valence-electron chi connectivity index (χ1n) is 6.25. The van der Waals surface area contributed by atoms with E-state index in [0.29, 0.717) is 22.8 Å². The molecule has 1 atom stereocenters. The predicted molar refractivity (Wildman–Crippen MR) is 76.8 cm³/mol. The number of nitrogens with two attached hydrogens (primary N) is 1. The molecule has 20 heavy (non-hydrogen) atoms. The molecule has 0 radical (unpaired) electrons. The van der Waals surface area contributed by atoms with Crippen molar-refractivity contribution in [3.63, 3.8) is 0 Å². The van der Waals surface area contributed by atoms with Crippen LogP contribution in [0.15, 0.2) is 42.5 Å². The van der Waals surface area contributed by atoms with E-state index in [4.69, 9.17) is 20.5 Å². The van der Waals surface area contributed by atoms with Gasteiger partial charge in [0.15, 0.2) is 0 Å². The number of hydrogen-bond donors (Lipinski definition) is 1. The van der Waals surface area contributed by atoms with Crippen molar-refractivity contribution >= 4 is 0 Å². The Morgan fingerprint density at radius 1 is 1.05 bits per heavy atom. The molecule has 0 spiro atoms. The number of nitriles is 1. The molecule has 2 rings (SSSR count). The van der Waals surface area contributed by atoms with Gasteiger partial charge in [0.25, 0.3) is 0 Å². The highest BCUT2D eigenvalue weighted by Gasteiger charge is 2.04. The molecule has 0 bridgehead atoms. The van der Waals surface area contributed by atoms with Gasteiger partial charge in [0.05, 0.1) is 18.7 Å². The number of methoxy groups -OCH3 is 1. The van der Waals surface area contributed by atoms with E-state index in [0.717, 1.165) is 5.56 Å². The monoisotopic (exact) mass is 268 g/mol. The van der Waals surface area contributed by atoms with E-state index in [1.54, 1.807) is 25.3 Å². The highest BCUT2D eigenvalue weighted by atomic mass is 16.5. The summed E-state index contributed by atoms with van der Waals surface area (Å²) < 4.78 is 10.9. The van der Waals surface area contributed by atoms with Gasteiger partial charge < -0.3 is 15.2 Å². The molecule has 0 aliphatic carbocycles. The second-order valence-electron chi connectivity index (χ2n) is 4.47. The average Bonchev–Trinajstić information content (AvgIpc) is 2.47. The zero-order valence-corrected chi connectivity index (χ0v) is 11.5. The third-order valence-corrected chi connectivity index (χ3v) is 2.89. The Labute approximate surface area is 118 Å². The van der Waals surface area contributed by atoms with Crippen molar-refractivity contribution in [2.75, 3.05) is 7.11 Å². The van der Waals surface area contributed by atoms with Crippen LogP contribution in [0.3, 0.4) is 0 Å². The van der Waals surface area contributed by atoms with Gasteiger partial charge in [-0.05, 0) is 36.8 Å². The first kappa shape index (κ1) is 13.9. The first-order chi connectivity index (χ1) is 9.62. The number of rotatable bonds is 4. The topological polar surface area (TPSA) is 68.3 Å². The molecule has 2 N–H and O–H groups in total. The molecular formula is C16H16N2O2. The predicted octanol–water partition coefficient (Wildman–Crippen LogP) is 3.38. The van der Waals surface area contributed by atoms with Gasteiger partial charge in [-0.2, -0.15) is 5.26 Å². The summed E-state index contributed by atoms with van der Waals surface area (Å²) in [6.07, 6.45) is 0. The van der Waals surface area contributed by atoms with E-state index in [9.17, 15) is 0 Å². The van der Waals surface area contributed by atoms with Crippen LogP contribution in [-0.2, 0) is 0 Å². The Balaban J connectivity index is 2.23. The van der Waals surface area contributed by atoms with Crippen molar-refractivity contribution in [1.29, 1.82) is 5.26 Å². The fraction of sp³-hybridized carbons (Fsp3) is 0.188. The fourth-order valence-electron chi connectivity index (χ4n) is 1.79. The molecule has 0 amide bonds. The van der Waals surface area contributed by atoms with Crippen molar-refractivity contribution in [1.82, 2.24) is 0 Å². The van der Waals surface area contributed by atoms with Crippen molar-refractivity contribution in [3.8, 4) is 23.3 Å². The normalized spacial score (nSPS) is 11.5. The van der Waals surface area contributed by atoms with Crippen LogP contribution in [0.25, 0.3) is 0 Å². The largest absolute Gasteiger partial charge is 0.497 e. The van der Waals surface area contributed by atoms with Gasteiger partial charge in [0.2, 0.25) is 0 Å². The Kier molecular flexibility index (Phi) is 4.24. The lowest BCUT2D eigenvalue weighted by molar-refractivity contribution is 0.409. The molecule has 0 unspecified atom stereocenters. The minimum atomic E-state index is -0.00828. The maximum absolute atomic E-state index is 8.97. The zero-order chi connectivity index (χ0) is 14.5. The summed E-state index contributed by atoms with van der Waals surface area (Å²) in [4.78, 5) is 0. The number of ether oxygens (including phenoxy) is 2. The molecule has 4 nitrogen and oxygen atoms in total. The lowest BCUT2D eigenvalue weighted by atomic mass is 10.1. The lowest BCUT2D eigenvalue weighted by Gasteiger charge is -2.10. The van der Waals surface area contributed by atoms with Crippen LogP contribution in [0, 0.1) is 11.3 Å². The van der Waals surface area contributed by atoms with Crippen LogP contribution >= 0.6 is 0 Å². The summed E-state index contributed by atoms with van der Waals surface area (Å²) >= 11 is 0. The molecule has 0 heterocycles. The molecule has 0 aromatic heterocycles. The Morgan fingerprint density at radius 3 is 2.25 bits per heavy atom. The Bertz CT molecular complexity index is 628. The summed E-state index contributed by atoms with van der Waals surface area (Å²) in [6.45, 7) is 1.93. The highest BCUT2D eigenvalue weighted by Crippen LogP contribution is 2.27. The maximum Gasteiger partial charge on any atom is 0.132 e. The van der Waals surface area contributed by atoms with Gasteiger partial charge in [0.1, 0.15) is 17.2 Å². The van der Waals surface area contributed by atoms with E-state index < -0.39 is 0 Å². The molecule has 0 saturated carbocycles. The molecule has 2 aromatic rings. The minimum absolute atomic E-state index is 0.00828. The fourth-order valence-corrected chi connectivity index (χ4v) is 1.79. The molecule has 0 fully saturated rings. The molecule has 0 aliphatic heterocycles. The standard InChI is InChI=1S/C16H16N2O2/c1-11(18)13-3-5-14(6-4-13)20-16-8-12(10-17)7-15(9-16)19-2/h3-9,11H,18H2,1-2H3/t11-/m1/s1. The van der Waals surface area contributed by atoms with Gasteiger partial charge in [-0.15, -0.1) is 0 Å². The lowest BCUT2D eigenvalue weighted by Crippen LogP contribution is -2.04. The molecule has 0 saturated heterocycles.